The van der Waals surface area contributed by atoms with Crippen molar-refractivity contribution in [2.24, 2.45) is 5.92 Å². The molecule has 2 amide bonds. The molecule has 0 radical (unpaired) electrons. The van der Waals surface area contributed by atoms with Gasteiger partial charge in [0.2, 0.25) is 11.8 Å². The molecule has 142 valence electrons. The van der Waals surface area contributed by atoms with E-state index in [2.05, 4.69) is 38.1 Å². The minimum absolute atomic E-state index is 0.151. The van der Waals surface area contributed by atoms with Crippen LogP contribution < -0.4 is 0 Å². The lowest BCUT2D eigenvalue weighted by atomic mass is 9.98. The molecular formula is C22H32N2O2. The van der Waals surface area contributed by atoms with Gasteiger partial charge in [0.25, 0.3) is 0 Å². The molecule has 0 aromatic heterocycles. The highest BCUT2D eigenvalue weighted by atomic mass is 16.2. The van der Waals surface area contributed by atoms with Gasteiger partial charge < -0.3 is 9.80 Å². The Hall–Kier alpha value is -1.84. The van der Waals surface area contributed by atoms with E-state index in [-0.39, 0.29) is 17.9 Å². The van der Waals surface area contributed by atoms with Gasteiger partial charge in [-0.2, -0.15) is 0 Å². The first-order valence-electron chi connectivity index (χ1n) is 10.2. The highest BCUT2D eigenvalue weighted by Crippen LogP contribution is 2.24. The number of benzene rings is 1. The maximum Gasteiger partial charge on any atom is 0.245 e. The quantitative estimate of drug-likeness (QED) is 0.809. The zero-order valence-electron chi connectivity index (χ0n) is 16.2. The first kappa shape index (κ1) is 18.9. The number of hydrogen-bond acceptors (Lipinski definition) is 2. The van der Waals surface area contributed by atoms with Gasteiger partial charge in [0.15, 0.2) is 0 Å². The molecule has 2 aliphatic rings. The number of hydrogen-bond donors (Lipinski definition) is 0. The fourth-order valence-electron chi connectivity index (χ4n) is 4.10. The molecule has 0 spiro atoms. The number of rotatable bonds is 5. The van der Waals surface area contributed by atoms with Gasteiger partial charge in [0.05, 0.1) is 0 Å². The maximum absolute atomic E-state index is 12.9. The molecule has 2 fully saturated rings. The second kappa shape index (κ2) is 8.70. The van der Waals surface area contributed by atoms with Crippen LogP contribution in [0.25, 0.3) is 0 Å². The normalized spacial score (nSPS) is 21.2. The third-order valence-electron chi connectivity index (χ3n) is 5.93. The molecule has 3 rings (SSSR count). The molecule has 0 N–H and O–H groups in total. The van der Waals surface area contributed by atoms with Crippen molar-refractivity contribution in [3.05, 3.63) is 35.4 Å². The average Bonchev–Trinajstić information content (AvgIpc) is 3.13. The first-order valence-corrected chi connectivity index (χ1v) is 10.2. The third-order valence-corrected chi connectivity index (χ3v) is 5.93. The van der Waals surface area contributed by atoms with Crippen LogP contribution in [0.3, 0.4) is 0 Å². The second-order valence-corrected chi connectivity index (χ2v) is 8.09. The zero-order valence-corrected chi connectivity index (χ0v) is 16.2. The van der Waals surface area contributed by atoms with E-state index >= 15 is 0 Å². The second-order valence-electron chi connectivity index (χ2n) is 8.09. The molecule has 1 aromatic rings. The topological polar surface area (TPSA) is 40.6 Å². The Labute approximate surface area is 157 Å². The summed E-state index contributed by atoms with van der Waals surface area (Å²) in [6.45, 7) is 6.78. The smallest absolute Gasteiger partial charge is 0.245 e. The number of likely N-dealkylation sites (tertiary alicyclic amines) is 2. The van der Waals surface area contributed by atoms with E-state index in [0.717, 1.165) is 58.2 Å². The lowest BCUT2D eigenvalue weighted by molar-refractivity contribution is -0.144. The van der Waals surface area contributed by atoms with E-state index in [1.54, 1.807) is 0 Å². The van der Waals surface area contributed by atoms with Crippen molar-refractivity contribution in [1.82, 2.24) is 9.80 Å². The summed E-state index contributed by atoms with van der Waals surface area (Å²) in [5.74, 6) is 1.04. The Kier molecular flexibility index (Phi) is 6.33. The van der Waals surface area contributed by atoms with Crippen molar-refractivity contribution >= 4 is 11.8 Å². The van der Waals surface area contributed by atoms with E-state index in [1.165, 1.54) is 11.1 Å². The van der Waals surface area contributed by atoms with E-state index in [4.69, 9.17) is 0 Å². The summed E-state index contributed by atoms with van der Waals surface area (Å²) >= 11 is 0. The number of carbonyl (C=O) groups is 2. The molecule has 1 atom stereocenters. The molecule has 0 saturated carbocycles. The van der Waals surface area contributed by atoms with Crippen LogP contribution in [0.15, 0.2) is 24.3 Å². The molecule has 1 aromatic carbocycles. The number of carbonyl (C=O) groups excluding carboxylic acids is 2. The van der Waals surface area contributed by atoms with Gasteiger partial charge in [-0.15, -0.1) is 0 Å². The van der Waals surface area contributed by atoms with Gasteiger partial charge in [-0.05, 0) is 56.9 Å². The van der Waals surface area contributed by atoms with Crippen LogP contribution in [0.5, 0.6) is 0 Å². The summed E-state index contributed by atoms with van der Waals surface area (Å²) < 4.78 is 0. The molecule has 26 heavy (non-hydrogen) atoms. The Balaban J connectivity index is 1.49. The summed E-state index contributed by atoms with van der Waals surface area (Å²) in [6.07, 6.45) is 6.25. The molecule has 0 unspecified atom stereocenters. The average molecular weight is 357 g/mol. The maximum atomic E-state index is 12.9. The molecule has 4 heteroatoms. The van der Waals surface area contributed by atoms with Gasteiger partial charge in [-0.1, -0.05) is 36.8 Å². The SMILES string of the molecule is Cc1ccc(CCCC(=O)N2CCC[C@H]2C(=O)N2CCC(C)CC2)cc1. The Morgan fingerprint density at radius 1 is 1.04 bits per heavy atom. The van der Waals surface area contributed by atoms with Gasteiger partial charge in [-0.25, -0.2) is 0 Å². The van der Waals surface area contributed by atoms with Crippen molar-refractivity contribution in [3.8, 4) is 0 Å². The van der Waals surface area contributed by atoms with E-state index in [1.807, 2.05) is 9.80 Å². The summed E-state index contributed by atoms with van der Waals surface area (Å²) in [5.41, 5.74) is 2.54. The molecule has 2 heterocycles. The van der Waals surface area contributed by atoms with Crippen molar-refractivity contribution in [2.45, 2.75) is 64.8 Å². The van der Waals surface area contributed by atoms with Crippen LogP contribution >= 0.6 is 0 Å². The molecular weight excluding hydrogens is 324 g/mol. The molecule has 4 nitrogen and oxygen atoms in total. The number of amides is 2. The number of nitrogens with zero attached hydrogens (tertiary/aromatic N) is 2. The van der Waals surface area contributed by atoms with Crippen LogP contribution in [0.1, 0.15) is 56.6 Å². The summed E-state index contributed by atoms with van der Waals surface area (Å²) in [7, 11) is 0. The van der Waals surface area contributed by atoms with Crippen LogP contribution in [0, 0.1) is 12.8 Å². The minimum atomic E-state index is -0.213. The third kappa shape index (κ3) is 4.66. The van der Waals surface area contributed by atoms with Crippen molar-refractivity contribution in [1.29, 1.82) is 0 Å². The summed E-state index contributed by atoms with van der Waals surface area (Å²) in [4.78, 5) is 29.4. The van der Waals surface area contributed by atoms with Gasteiger partial charge >= 0.3 is 0 Å². The van der Waals surface area contributed by atoms with Crippen molar-refractivity contribution < 1.29 is 9.59 Å². The number of piperidine rings is 1. The standard InChI is InChI=1S/C22H32N2O2/c1-17-8-10-19(11-9-17)5-3-7-21(25)24-14-4-6-20(24)22(26)23-15-12-18(2)13-16-23/h8-11,18,20H,3-7,12-16H2,1-2H3/t20-/m0/s1. The van der Waals surface area contributed by atoms with Crippen molar-refractivity contribution in [2.75, 3.05) is 19.6 Å². The lowest BCUT2D eigenvalue weighted by Crippen LogP contribution is -2.49. The van der Waals surface area contributed by atoms with E-state index in [9.17, 15) is 9.59 Å². The molecule has 0 aliphatic carbocycles. The van der Waals surface area contributed by atoms with Crippen LogP contribution in [-0.2, 0) is 16.0 Å². The Bertz CT molecular complexity index is 618. The van der Waals surface area contributed by atoms with Crippen LogP contribution in [-0.4, -0.2) is 47.3 Å². The van der Waals surface area contributed by atoms with Crippen LogP contribution in [0.4, 0.5) is 0 Å². The fraction of sp³-hybridized carbons (Fsp3) is 0.636. The highest BCUT2D eigenvalue weighted by Gasteiger charge is 2.36. The van der Waals surface area contributed by atoms with E-state index < -0.39 is 0 Å². The van der Waals surface area contributed by atoms with Crippen LogP contribution in [0.2, 0.25) is 0 Å². The monoisotopic (exact) mass is 356 g/mol. The van der Waals surface area contributed by atoms with Gasteiger partial charge in [0.1, 0.15) is 6.04 Å². The predicted octanol–water partition coefficient (Wildman–Crippen LogP) is 3.57. The fourth-order valence-corrected chi connectivity index (χ4v) is 4.10. The highest BCUT2D eigenvalue weighted by molar-refractivity contribution is 5.88. The van der Waals surface area contributed by atoms with Gasteiger partial charge in [-0.3, -0.25) is 9.59 Å². The molecule has 2 saturated heterocycles. The number of aryl methyl sites for hydroxylation is 2. The van der Waals surface area contributed by atoms with E-state index in [0.29, 0.717) is 12.3 Å². The Morgan fingerprint density at radius 2 is 1.73 bits per heavy atom. The van der Waals surface area contributed by atoms with Crippen molar-refractivity contribution in [3.63, 3.8) is 0 Å². The molecule has 2 aliphatic heterocycles. The summed E-state index contributed by atoms with van der Waals surface area (Å²) in [6, 6.07) is 8.30. The predicted molar refractivity (Wildman–Crippen MR) is 104 cm³/mol. The minimum Gasteiger partial charge on any atom is -0.341 e. The first-order chi connectivity index (χ1) is 12.5. The Morgan fingerprint density at radius 3 is 2.42 bits per heavy atom. The molecule has 0 bridgehead atoms. The van der Waals surface area contributed by atoms with Gasteiger partial charge in [0, 0.05) is 26.1 Å². The zero-order chi connectivity index (χ0) is 18.5. The largest absolute Gasteiger partial charge is 0.341 e. The lowest BCUT2D eigenvalue weighted by Gasteiger charge is -2.34. The summed E-state index contributed by atoms with van der Waals surface area (Å²) in [5, 5.41) is 0.